The van der Waals surface area contributed by atoms with Crippen LogP contribution in [0.2, 0.25) is 0 Å². The number of likely N-dealkylation sites (N-methyl/N-ethyl adjacent to an activating group) is 1. The van der Waals surface area contributed by atoms with Gasteiger partial charge < -0.3 is 4.57 Å². The molecule has 0 saturated carbocycles. The number of amides is 1. The minimum atomic E-state index is -0.306. The molecule has 2 aromatic rings. The molecule has 0 N–H and O–H groups in total. The van der Waals surface area contributed by atoms with Crippen molar-refractivity contribution in [1.82, 2.24) is 9.47 Å². The Kier molecular flexibility index (Phi) is 5.18. The second kappa shape index (κ2) is 7.05. The summed E-state index contributed by atoms with van der Waals surface area (Å²) in [5.41, 5.74) is 3.15. The van der Waals surface area contributed by atoms with Gasteiger partial charge in [0.15, 0.2) is 0 Å². The summed E-state index contributed by atoms with van der Waals surface area (Å²) in [4.78, 5) is 14.6. The fourth-order valence-electron chi connectivity index (χ4n) is 2.88. The van der Waals surface area contributed by atoms with Crippen LogP contribution < -0.4 is 0 Å². The Morgan fingerprint density at radius 2 is 2.04 bits per heavy atom. The number of hydrogen-bond donors (Lipinski definition) is 0. The Morgan fingerprint density at radius 1 is 1.32 bits per heavy atom. The van der Waals surface area contributed by atoms with Crippen LogP contribution >= 0.6 is 39.9 Å². The molecule has 3 rings (SSSR count). The van der Waals surface area contributed by atoms with E-state index in [2.05, 4.69) is 15.9 Å². The summed E-state index contributed by atoms with van der Waals surface area (Å²) in [6.07, 6.45) is 1.84. The summed E-state index contributed by atoms with van der Waals surface area (Å²) in [5.74, 6) is -0.378. The van der Waals surface area contributed by atoms with Crippen molar-refractivity contribution < 1.29 is 9.18 Å². The van der Waals surface area contributed by atoms with E-state index in [0.29, 0.717) is 25.9 Å². The number of thiocarbonyl (C=S) groups is 1. The fourth-order valence-corrected chi connectivity index (χ4v) is 4.59. The Morgan fingerprint density at radius 3 is 2.64 bits per heavy atom. The lowest BCUT2D eigenvalue weighted by molar-refractivity contribution is -0.121. The van der Waals surface area contributed by atoms with Gasteiger partial charge in [-0.2, -0.15) is 0 Å². The molecule has 1 aromatic carbocycles. The summed E-state index contributed by atoms with van der Waals surface area (Å²) in [5, 5.41) is 0. The van der Waals surface area contributed by atoms with E-state index in [0.717, 1.165) is 17.0 Å². The van der Waals surface area contributed by atoms with Crippen LogP contribution in [0.3, 0.4) is 0 Å². The third-order valence-electron chi connectivity index (χ3n) is 4.10. The van der Waals surface area contributed by atoms with Crippen molar-refractivity contribution >= 4 is 56.2 Å². The molecule has 0 radical (unpaired) electrons. The zero-order chi connectivity index (χ0) is 18.3. The van der Waals surface area contributed by atoms with E-state index in [9.17, 15) is 9.18 Å². The number of nitrogens with zero attached hydrogens (tertiary/aromatic N) is 2. The van der Waals surface area contributed by atoms with Crippen molar-refractivity contribution in [3.8, 4) is 5.69 Å². The minimum Gasteiger partial charge on any atom is -0.315 e. The smallest absolute Gasteiger partial charge is 0.266 e. The summed E-state index contributed by atoms with van der Waals surface area (Å²) in [6.45, 7) is 6.30. The van der Waals surface area contributed by atoms with E-state index in [-0.39, 0.29) is 11.7 Å². The van der Waals surface area contributed by atoms with E-state index in [4.69, 9.17) is 12.2 Å². The van der Waals surface area contributed by atoms with Crippen LogP contribution in [0.25, 0.3) is 11.8 Å². The number of thioether (sulfide) groups is 1. The molecule has 3 nitrogen and oxygen atoms in total. The van der Waals surface area contributed by atoms with Gasteiger partial charge in [-0.05, 0) is 56.7 Å². The van der Waals surface area contributed by atoms with Gasteiger partial charge in [-0.25, -0.2) is 4.39 Å². The third kappa shape index (κ3) is 3.32. The highest BCUT2D eigenvalue weighted by atomic mass is 79.9. The predicted molar refractivity (Wildman–Crippen MR) is 108 cm³/mol. The maximum Gasteiger partial charge on any atom is 0.266 e. The molecule has 0 atom stereocenters. The lowest BCUT2D eigenvalue weighted by Crippen LogP contribution is -2.27. The number of aryl methyl sites for hydroxylation is 1. The Balaban J connectivity index is 2.05. The highest BCUT2D eigenvalue weighted by Gasteiger charge is 2.31. The van der Waals surface area contributed by atoms with Gasteiger partial charge in [0.25, 0.3) is 5.91 Å². The minimum absolute atomic E-state index is 0.0721. The summed E-state index contributed by atoms with van der Waals surface area (Å²) in [6, 6.07) is 6.94. The zero-order valence-electron chi connectivity index (χ0n) is 14.0. The average Bonchev–Trinajstić information content (AvgIpc) is 2.97. The molecule has 1 aromatic heterocycles. The standard InChI is InChI=1S/C18H16BrFN2OS2/c1-4-21-17(23)16(25-18(21)24)8-12-7-10(2)22(11(12)3)15-6-5-13(19)9-14(15)20/h5-9H,4H2,1-3H3/b16-8-. The number of rotatable bonds is 3. The first-order chi connectivity index (χ1) is 11.8. The second-order valence-electron chi connectivity index (χ2n) is 5.68. The quantitative estimate of drug-likeness (QED) is 0.485. The number of carbonyl (C=O) groups is 1. The maximum absolute atomic E-state index is 14.4. The van der Waals surface area contributed by atoms with Crippen LogP contribution in [0, 0.1) is 19.7 Å². The number of carbonyl (C=O) groups excluding carboxylic acids is 1. The number of hydrogen-bond acceptors (Lipinski definition) is 3. The van der Waals surface area contributed by atoms with Gasteiger partial charge in [-0.3, -0.25) is 9.69 Å². The predicted octanol–water partition coefficient (Wildman–Crippen LogP) is 5.22. The van der Waals surface area contributed by atoms with Crippen molar-refractivity contribution in [2.45, 2.75) is 20.8 Å². The van der Waals surface area contributed by atoms with Gasteiger partial charge in [0, 0.05) is 22.4 Å². The highest BCUT2D eigenvalue weighted by Crippen LogP contribution is 2.34. The molecule has 0 spiro atoms. The van der Waals surface area contributed by atoms with Crippen LogP contribution in [0.4, 0.5) is 4.39 Å². The molecule has 1 fully saturated rings. The largest absolute Gasteiger partial charge is 0.315 e. The summed E-state index contributed by atoms with van der Waals surface area (Å²) < 4.78 is 17.5. The molecule has 1 saturated heterocycles. The third-order valence-corrected chi connectivity index (χ3v) is 5.97. The Labute approximate surface area is 164 Å². The molecule has 25 heavy (non-hydrogen) atoms. The SMILES string of the molecule is CCN1C(=O)/C(=C/c2cc(C)n(-c3ccc(Br)cc3F)c2C)SC1=S. The summed E-state index contributed by atoms with van der Waals surface area (Å²) >= 11 is 9.83. The zero-order valence-corrected chi connectivity index (χ0v) is 17.2. The van der Waals surface area contributed by atoms with E-state index in [1.54, 1.807) is 11.0 Å². The lowest BCUT2D eigenvalue weighted by Gasteiger charge is -2.11. The second-order valence-corrected chi connectivity index (χ2v) is 8.28. The van der Waals surface area contributed by atoms with Gasteiger partial charge in [0.1, 0.15) is 10.1 Å². The maximum atomic E-state index is 14.4. The molecule has 7 heteroatoms. The van der Waals surface area contributed by atoms with Crippen LogP contribution in [-0.4, -0.2) is 26.2 Å². The van der Waals surface area contributed by atoms with Crippen LogP contribution in [0.15, 0.2) is 33.6 Å². The first-order valence-electron chi connectivity index (χ1n) is 7.73. The number of halogens is 2. The summed E-state index contributed by atoms with van der Waals surface area (Å²) in [7, 11) is 0. The molecule has 2 heterocycles. The molecular weight excluding hydrogens is 423 g/mol. The molecule has 130 valence electrons. The van der Waals surface area contributed by atoms with Gasteiger partial charge in [0.05, 0.1) is 10.6 Å². The molecule has 0 bridgehead atoms. The van der Waals surface area contributed by atoms with E-state index >= 15 is 0 Å². The fraction of sp³-hybridized carbons (Fsp3) is 0.222. The molecule has 1 aliphatic rings. The highest BCUT2D eigenvalue weighted by molar-refractivity contribution is 9.10. The lowest BCUT2D eigenvalue weighted by atomic mass is 10.2. The van der Waals surface area contributed by atoms with E-state index in [1.165, 1.54) is 17.8 Å². The van der Waals surface area contributed by atoms with E-state index in [1.807, 2.05) is 43.5 Å². The monoisotopic (exact) mass is 438 g/mol. The van der Waals surface area contributed by atoms with Gasteiger partial charge >= 0.3 is 0 Å². The van der Waals surface area contributed by atoms with Crippen molar-refractivity contribution in [3.05, 3.63) is 56.4 Å². The van der Waals surface area contributed by atoms with Crippen LogP contribution in [0.1, 0.15) is 23.9 Å². The van der Waals surface area contributed by atoms with Gasteiger partial charge in [-0.1, -0.05) is 39.9 Å². The first kappa shape index (κ1) is 18.4. The van der Waals surface area contributed by atoms with Gasteiger partial charge in [-0.15, -0.1) is 0 Å². The normalized spacial score (nSPS) is 16.4. The molecule has 1 amide bonds. The number of benzene rings is 1. The molecular formula is C18H16BrFN2OS2. The van der Waals surface area contributed by atoms with Gasteiger partial charge in [0.2, 0.25) is 0 Å². The molecule has 0 unspecified atom stereocenters. The average molecular weight is 439 g/mol. The molecule has 0 aliphatic carbocycles. The van der Waals surface area contributed by atoms with Crippen molar-refractivity contribution in [1.29, 1.82) is 0 Å². The first-order valence-corrected chi connectivity index (χ1v) is 9.75. The topological polar surface area (TPSA) is 25.2 Å². The Hall–Kier alpha value is -1.44. The van der Waals surface area contributed by atoms with Crippen molar-refractivity contribution in [2.24, 2.45) is 0 Å². The van der Waals surface area contributed by atoms with Crippen molar-refractivity contribution in [3.63, 3.8) is 0 Å². The van der Waals surface area contributed by atoms with Crippen molar-refractivity contribution in [2.75, 3.05) is 6.54 Å². The van der Waals surface area contributed by atoms with Crippen LogP contribution in [-0.2, 0) is 4.79 Å². The number of aromatic nitrogens is 1. The van der Waals surface area contributed by atoms with E-state index < -0.39 is 0 Å². The molecule has 1 aliphatic heterocycles. The van der Waals surface area contributed by atoms with Crippen LogP contribution in [0.5, 0.6) is 0 Å². The Bertz CT molecular complexity index is 920.